The highest BCUT2D eigenvalue weighted by molar-refractivity contribution is 5.89. The largest absolute Gasteiger partial charge is 0.335 e. The third kappa shape index (κ3) is 10.9. The average Bonchev–Trinajstić information content (AvgIpc) is 3.44. The predicted molar refractivity (Wildman–Crippen MR) is 151 cm³/mol. The second kappa shape index (κ2) is 15.2. The molecule has 1 aliphatic carbocycles. The Morgan fingerprint density at radius 2 is 1.86 bits per heavy atom. The molecule has 3 atom stereocenters. The molecule has 1 saturated carbocycles. The van der Waals surface area contributed by atoms with Crippen LogP contribution in [0.5, 0.6) is 0 Å². The number of aromatic nitrogens is 2. The first kappa shape index (κ1) is 32.7. The Morgan fingerprint density at radius 1 is 1.24 bits per heavy atom. The molecular weight excluding hydrogens is 464 g/mol. The van der Waals surface area contributed by atoms with E-state index in [2.05, 4.69) is 46.7 Å². The highest BCUT2D eigenvalue weighted by atomic mass is 16.2. The van der Waals surface area contributed by atoms with Crippen molar-refractivity contribution in [3.05, 3.63) is 30.0 Å². The van der Waals surface area contributed by atoms with Gasteiger partial charge >= 0.3 is 0 Å². The van der Waals surface area contributed by atoms with Gasteiger partial charge in [-0.1, -0.05) is 54.5 Å². The number of azo groups is 1. The molecule has 2 aliphatic rings. The van der Waals surface area contributed by atoms with Gasteiger partial charge in [-0.05, 0) is 44.4 Å². The van der Waals surface area contributed by atoms with Crippen molar-refractivity contribution in [2.45, 2.75) is 107 Å². The summed E-state index contributed by atoms with van der Waals surface area (Å²) in [7, 11) is 1.71. The van der Waals surface area contributed by atoms with Crippen LogP contribution in [0.15, 0.2) is 34.4 Å². The van der Waals surface area contributed by atoms with Gasteiger partial charge in [0.15, 0.2) is 5.78 Å². The van der Waals surface area contributed by atoms with Crippen molar-refractivity contribution in [2.24, 2.45) is 39.1 Å². The van der Waals surface area contributed by atoms with Gasteiger partial charge in [-0.3, -0.25) is 9.59 Å². The third-order valence-corrected chi connectivity index (χ3v) is 6.94. The number of carbonyl (C=O) groups is 2. The van der Waals surface area contributed by atoms with Crippen LogP contribution in [0.1, 0.15) is 87.4 Å². The second-order valence-corrected chi connectivity index (χ2v) is 11.7. The maximum Gasteiger partial charge on any atom is 0.226 e. The fourth-order valence-electron chi connectivity index (χ4n) is 4.20. The molecule has 2 N–H and O–H groups in total. The van der Waals surface area contributed by atoms with Gasteiger partial charge in [0.05, 0.1) is 11.7 Å². The van der Waals surface area contributed by atoms with Crippen LogP contribution in [-0.2, 0) is 22.6 Å². The highest BCUT2D eigenvalue weighted by Gasteiger charge is 2.40. The molecule has 1 aliphatic heterocycles. The Balaban J connectivity index is 0.000000295. The quantitative estimate of drug-likeness (QED) is 0.471. The van der Waals surface area contributed by atoms with Crippen molar-refractivity contribution in [2.75, 3.05) is 13.6 Å². The number of ketones is 1. The van der Waals surface area contributed by atoms with Crippen LogP contribution in [0, 0.1) is 23.2 Å². The molecule has 1 aromatic rings. The summed E-state index contributed by atoms with van der Waals surface area (Å²) in [6.45, 7) is 19.7. The van der Waals surface area contributed by atoms with Crippen molar-refractivity contribution in [3.8, 4) is 0 Å². The molecule has 0 bridgehead atoms. The van der Waals surface area contributed by atoms with Crippen LogP contribution >= 0.6 is 0 Å². The number of rotatable bonds is 7. The lowest BCUT2D eigenvalue weighted by Gasteiger charge is -2.32. The van der Waals surface area contributed by atoms with Crippen LogP contribution in [-0.4, -0.2) is 51.8 Å². The van der Waals surface area contributed by atoms with E-state index in [0.717, 1.165) is 24.6 Å². The fraction of sp³-hybridized carbons (Fsp3) is 0.759. The number of carbonyl (C=O) groups excluding carboxylic acids is 2. The zero-order chi connectivity index (χ0) is 28.3. The molecule has 210 valence electrons. The van der Waals surface area contributed by atoms with Gasteiger partial charge in [0.25, 0.3) is 0 Å². The van der Waals surface area contributed by atoms with Crippen LogP contribution in [0.25, 0.3) is 0 Å². The van der Waals surface area contributed by atoms with Crippen molar-refractivity contribution >= 4 is 11.7 Å². The van der Waals surface area contributed by atoms with Gasteiger partial charge in [-0.15, -0.1) is 0 Å². The predicted octanol–water partition coefficient (Wildman–Crippen LogP) is 5.67. The summed E-state index contributed by atoms with van der Waals surface area (Å²) in [5.74, 6) is 2.61. The molecular formula is C29H52N6O2. The van der Waals surface area contributed by atoms with Crippen LogP contribution < -0.4 is 5.73 Å². The number of hydrogen-bond donors (Lipinski definition) is 1. The topological polar surface area (TPSA) is 106 Å². The Hall–Kier alpha value is -2.35. The van der Waals surface area contributed by atoms with E-state index in [1.165, 1.54) is 25.6 Å². The summed E-state index contributed by atoms with van der Waals surface area (Å²) in [6, 6.07) is -0.387. The van der Waals surface area contributed by atoms with E-state index in [1.807, 2.05) is 46.9 Å². The summed E-state index contributed by atoms with van der Waals surface area (Å²) in [5, 5.41) is 7.72. The second-order valence-electron chi connectivity index (χ2n) is 11.7. The third-order valence-electron chi connectivity index (χ3n) is 6.94. The highest BCUT2D eigenvalue weighted by Crippen LogP contribution is 2.37. The van der Waals surface area contributed by atoms with Gasteiger partial charge in [-0.25, -0.2) is 4.98 Å². The van der Waals surface area contributed by atoms with E-state index in [4.69, 9.17) is 5.73 Å². The number of likely N-dealkylation sites (tertiary alicyclic amines) is 1. The Labute approximate surface area is 225 Å². The number of amides is 1. The van der Waals surface area contributed by atoms with E-state index in [-0.39, 0.29) is 35.1 Å². The van der Waals surface area contributed by atoms with E-state index >= 15 is 0 Å². The van der Waals surface area contributed by atoms with E-state index in [0.29, 0.717) is 18.9 Å². The lowest BCUT2D eigenvalue weighted by Crippen LogP contribution is -2.45. The molecule has 1 aromatic heterocycles. The molecule has 0 radical (unpaired) electrons. The lowest BCUT2D eigenvalue weighted by molar-refractivity contribution is -0.142. The smallest absolute Gasteiger partial charge is 0.226 e. The lowest BCUT2D eigenvalue weighted by atomic mass is 9.81. The molecule has 3 rings (SSSR count). The zero-order valence-electron chi connectivity index (χ0n) is 25.0. The molecule has 8 nitrogen and oxygen atoms in total. The van der Waals surface area contributed by atoms with Gasteiger partial charge in [0.2, 0.25) is 5.91 Å². The van der Waals surface area contributed by atoms with Gasteiger partial charge in [0, 0.05) is 56.8 Å². The van der Waals surface area contributed by atoms with Crippen molar-refractivity contribution < 1.29 is 9.59 Å². The molecule has 8 heteroatoms. The molecule has 2 fully saturated rings. The summed E-state index contributed by atoms with van der Waals surface area (Å²) in [5.41, 5.74) is 6.93. The average molecular weight is 517 g/mol. The first-order chi connectivity index (χ1) is 17.3. The molecule has 0 spiro atoms. The van der Waals surface area contributed by atoms with Crippen LogP contribution in [0.3, 0.4) is 0 Å². The van der Waals surface area contributed by atoms with E-state index in [9.17, 15) is 9.59 Å². The molecule has 1 amide bonds. The first-order valence-corrected chi connectivity index (χ1v) is 13.8. The molecule has 0 aromatic carbocycles. The Kier molecular flexibility index (Phi) is 13.4. The van der Waals surface area contributed by atoms with E-state index in [1.54, 1.807) is 11.9 Å². The van der Waals surface area contributed by atoms with Gasteiger partial charge in [-0.2, -0.15) is 10.2 Å². The minimum absolute atomic E-state index is 0.0346. The SMILES string of the molecule is C/C=C(\N=NC)C1CC1.CC(=O)C1CC(N)CN1C(=O)C(C)C(C)(C)C.CCc1nccn1CC(C)C. The molecule has 37 heavy (non-hydrogen) atoms. The fourth-order valence-corrected chi connectivity index (χ4v) is 4.20. The summed E-state index contributed by atoms with van der Waals surface area (Å²) in [4.78, 5) is 29.8. The maximum absolute atomic E-state index is 12.4. The summed E-state index contributed by atoms with van der Waals surface area (Å²) in [6.07, 6.45) is 10.2. The standard InChI is InChI=1S/C13H24N2O2.C9H16N2.C7H12N2/c1-8(13(3,4)5)12(17)15-7-10(14)6-11(15)9(2)16;1-4-9-10-5-6-11(9)7-8(2)3;1-3-7(9-8-2)6-4-5-6/h8,10-11H,6-7,14H2,1-5H3;5-6,8H,4,7H2,1-3H3;3,6H,4-5H2,1-2H3/b;;7-3-,9-8?. The van der Waals surface area contributed by atoms with Gasteiger partial charge < -0.3 is 15.2 Å². The Bertz CT molecular complexity index is 908. The van der Waals surface area contributed by atoms with Crippen LogP contribution in [0.2, 0.25) is 0 Å². The number of Topliss-reactive ketones (excluding diaryl/α,β-unsaturated/α-hetero) is 1. The van der Waals surface area contributed by atoms with Crippen molar-refractivity contribution in [3.63, 3.8) is 0 Å². The van der Waals surface area contributed by atoms with Gasteiger partial charge in [0.1, 0.15) is 5.82 Å². The number of nitrogens with zero attached hydrogens (tertiary/aromatic N) is 5. The van der Waals surface area contributed by atoms with Crippen molar-refractivity contribution in [1.29, 1.82) is 0 Å². The Morgan fingerprint density at radius 3 is 2.30 bits per heavy atom. The minimum Gasteiger partial charge on any atom is -0.335 e. The van der Waals surface area contributed by atoms with E-state index < -0.39 is 0 Å². The number of allylic oxidation sites excluding steroid dienone is 2. The molecule has 3 unspecified atom stereocenters. The van der Waals surface area contributed by atoms with Crippen molar-refractivity contribution in [1.82, 2.24) is 14.5 Å². The van der Waals surface area contributed by atoms with Crippen LogP contribution in [0.4, 0.5) is 0 Å². The monoisotopic (exact) mass is 516 g/mol. The first-order valence-electron chi connectivity index (χ1n) is 13.8. The number of hydrogen-bond acceptors (Lipinski definition) is 6. The number of nitrogens with two attached hydrogens (primary N) is 1. The minimum atomic E-state index is -0.317. The summed E-state index contributed by atoms with van der Waals surface area (Å²) < 4.78 is 2.23. The zero-order valence-corrected chi connectivity index (χ0v) is 25.0. The number of aryl methyl sites for hydroxylation is 1. The normalized spacial score (nSPS) is 20.9. The maximum atomic E-state index is 12.4. The number of imidazole rings is 1. The summed E-state index contributed by atoms with van der Waals surface area (Å²) >= 11 is 0. The molecule has 2 heterocycles. The molecule has 1 saturated heterocycles.